The van der Waals surface area contributed by atoms with Crippen molar-refractivity contribution in [3.05, 3.63) is 42.1 Å². The summed E-state index contributed by atoms with van der Waals surface area (Å²) in [6, 6.07) is 12.1. The lowest BCUT2D eigenvalue weighted by atomic mass is 10.0. The molecule has 0 bridgehead atoms. The number of pyridine rings is 1. The molecule has 2 atom stereocenters. The SMILES string of the molecule is OC(Cc1ccc2ccccc2n1)CC1CCCCO1. The van der Waals surface area contributed by atoms with Crippen LogP contribution in [0, 0.1) is 0 Å². The lowest BCUT2D eigenvalue weighted by Crippen LogP contribution is -2.26. The average Bonchev–Trinajstić information content (AvgIpc) is 2.48. The molecule has 1 aliphatic heterocycles. The maximum atomic E-state index is 10.2. The molecular weight excluding hydrogens is 250 g/mol. The van der Waals surface area contributed by atoms with Gasteiger partial charge in [-0.25, -0.2) is 0 Å². The van der Waals surface area contributed by atoms with E-state index in [1.54, 1.807) is 0 Å². The quantitative estimate of drug-likeness (QED) is 0.929. The molecule has 0 amide bonds. The molecule has 3 nitrogen and oxygen atoms in total. The second-order valence-corrected chi connectivity index (χ2v) is 5.58. The highest BCUT2D eigenvalue weighted by Gasteiger charge is 2.18. The number of aromatic nitrogens is 1. The van der Waals surface area contributed by atoms with Crippen molar-refractivity contribution < 1.29 is 9.84 Å². The Bertz CT molecular complexity index is 564. The Morgan fingerprint density at radius 1 is 1.20 bits per heavy atom. The number of fused-ring (bicyclic) bond motifs is 1. The minimum absolute atomic E-state index is 0.221. The van der Waals surface area contributed by atoms with E-state index in [-0.39, 0.29) is 12.2 Å². The van der Waals surface area contributed by atoms with E-state index < -0.39 is 0 Å². The van der Waals surface area contributed by atoms with Gasteiger partial charge in [-0.2, -0.15) is 0 Å². The number of rotatable bonds is 4. The van der Waals surface area contributed by atoms with Crippen molar-refractivity contribution in [2.24, 2.45) is 0 Å². The standard InChI is InChI=1S/C17H21NO2/c19-15(12-16-6-3-4-10-20-16)11-14-9-8-13-5-1-2-7-17(13)18-14/h1-2,5,7-9,15-16,19H,3-4,6,10-12H2. The van der Waals surface area contributed by atoms with Crippen LogP contribution in [0.2, 0.25) is 0 Å². The summed E-state index contributed by atoms with van der Waals surface area (Å²) in [6.07, 6.45) is 4.61. The summed E-state index contributed by atoms with van der Waals surface area (Å²) in [5, 5.41) is 11.3. The van der Waals surface area contributed by atoms with Gasteiger partial charge in [-0.05, 0) is 37.8 Å². The van der Waals surface area contributed by atoms with E-state index in [1.807, 2.05) is 24.3 Å². The summed E-state index contributed by atoms with van der Waals surface area (Å²) in [4.78, 5) is 4.61. The summed E-state index contributed by atoms with van der Waals surface area (Å²) in [7, 11) is 0. The summed E-state index contributed by atoms with van der Waals surface area (Å²) in [5.74, 6) is 0. The second-order valence-electron chi connectivity index (χ2n) is 5.58. The normalized spacial score (nSPS) is 20.9. The van der Waals surface area contributed by atoms with Gasteiger partial charge in [0.25, 0.3) is 0 Å². The minimum Gasteiger partial charge on any atom is -0.393 e. The van der Waals surface area contributed by atoms with Crippen LogP contribution in [0.25, 0.3) is 10.9 Å². The molecule has 1 fully saturated rings. The first-order valence-electron chi connectivity index (χ1n) is 7.45. The molecule has 2 heterocycles. The number of aliphatic hydroxyl groups excluding tert-OH is 1. The van der Waals surface area contributed by atoms with Crippen molar-refractivity contribution in [1.29, 1.82) is 0 Å². The zero-order valence-corrected chi connectivity index (χ0v) is 11.7. The zero-order valence-electron chi connectivity index (χ0n) is 11.7. The Kier molecular flexibility index (Phi) is 4.28. The van der Waals surface area contributed by atoms with Gasteiger partial charge in [0.05, 0.1) is 17.7 Å². The minimum atomic E-state index is -0.369. The number of para-hydroxylation sites is 1. The van der Waals surface area contributed by atoms with Gasteiger partial charge < -0.3 is 9.84 Å². The molecule has 1 N–H and O–H groups in total. The maximum Gasteiger partial charge on any atom is 0.0705 e. The molecule has 1 saturated heterocycles. The van der Waals surface area contributed by atoms with Crippen LogP contribution in [0.3, 0.4) is 0 Å². The Hall–Kier alpha value is -1.45. The number of hydrogen-bond acceptors (Lipinski definition) is 3. The smallest absolute Gasteiger partial charge is 0.0705 e. The number of aliphatic hydroxyl groups is 1. The van der Waals surface area contributed by atoms with Crippen LogP contribution in [0.15, 0.2) is 36.4 Å². The molecule has 0 radical (unpaired) electrons. The van der Waals surface area contributed by atoms with Gasteiger partial charge in [0.15, 0.2) is 0 Å². The summed E-state index contributed by atoms with van der Waals surface area (Å²) < 4.78 is 5.68. The third kappa shape index (κ3) is 3.35. The van der Waals surface area contributed by atoms with E-state index >= 15 is 0 Å². The molecule has 1 aliphatic rings. The fourth-order valence-electron chi connectivity index (χ4n) is 2.84. The fraction of sp³-hybridized carbons (Fsp3) is 0.471. The van der Waals surface area contributed by atoms with Crippen molar-refractivity contribution >= 4 is 10.9 Å². The molecule has 1 aromatic carbocycles. The van der Waals surface area contributed by atoms with Crippen molar-refractivity contribution in [3.63, 3.8) is 0 Å². The third-order valence-electron chi connectivity index (χ3n) is 3.91. The Balaban J connectivity index is 1.62. The van der Waals surface area contributed by atoms with Crippen molar-refractivity contribution in [2.75, 3.05) is 6.61 Å². The first-order valence-corrected chi connectivity index (χ1v) is 7.45. The van der Waals surface area contributed by atoms with Crippen molar-refractivity contribution in [1.82, 2.24) is 4.98 Å². The van der Waals surface area contributed by atoms with Crippen molar-refractivity contribution in [2.45, 2.75) is 44.3 Å². The molecule has 20 heavy (non-hydrogen) atoms. The van der Waals surface area contributed by atoms with Crippen LogP contribution in [0.1, 0.15) is 31.4 Å². The molecule has 0 spiro atoms. The van der Waals surface area contributed by atoms with Crippen LogP contribution in [0.5, 0.6) is 0 Å². The van der Waals surface area contributed by atoms with Gasteiger partial charge in [-0.3, -0.25) is 4.98 Å². The maximum absolute atomic E-state index is 10.2. The molecule has 0 saturated carbocycles. The fourth-order valence-corrected chi connectivity index (χ4v) is 2.84. The summed E-state index contributed by atoms with van der Waals surface area (Å²) in [6.45, 7) is 0.839. The van der Waals surface area contributed by atoms with E-state index in [1.165, 1.54) is 6.42 Å². The number of nitrogens with zero attached hydrogens (tertiary/aromatic N) is 1. The number of ether oxygens (including phenoxy) is 1. The van der Waals surface area contributed by atoms with Crippen LogP contribution < -0.4 is 0 Å². The van der Waals surface area contributed by atoms with Crippen molar-refractivity contribution in [3.8, 4) is 0 Å². The Morgan fingerprint density at radius 3 is 2.95 bits per heavy atom. The molecule has 2 unspecified atom stereocenters. The number of benzene rings is 1. The first-order chi connectivity index (χ1) is 9.81. The molecule has 3 rings (SSSR count). The van der Waals surface area contributed by atoms with Gasteiger partial charge in [0.2, 0.25) is 0 Å². The van der Waals surface area contributed by atoms with Crippen LogP contribution >= 0.6 is 0 Å². The van der Waals surface area contributed by atoms with Gasteiger partial charge in [0, 0.05) is 24.1 Å². The van der Waals surface area contributed by atoms with Gasteiger partial charge in [0.1, 0.15) is 0 Å². The lowest BCUT2D eigenvalue weighted by Gasteiger charge is -2.24. The van der Waals surface area contributed by atoms with Crippen LogP contribution in [-0.4, -0.2) is 28.9 Å². The molecule has 0 aliphatic carbocycles. The first kappa shape index (κ1) is 13.5. The molecule has 2 aromatic rings. The largest absolute Gasteiger partial charge is 0.393 e. The van der Waals surface area contributed by atoms with E-state index in [4.69, 9.17) is 4.74 Å². The molecule has 3 heteroatoms. The third-order valence-corrected chi connectivity index (χ3v) is 3.91. The average molecular weight is 271 g/mol. The van der Waals surface area contributed by atoms with E-state index in [0.717, 1.165) is 36.0 Å². The number of hydrogen-bond donors (Lipinski definition) is 1. The van der Waals surface area contributed by atoms with Crippen LogP contribution in [-0.2, 0) is 11.2 Å². The topological polar surface area (TPSA) is 42.4 Å². The van der Waals surface area contributed by atoms with Gasteiger partial charge in [-0.15, -0.1) is 0 Å². The lowest BCUT2D eigenvalue weighted by molar-refractivity contribution is -0.0149. The van der Waals surface area contributed by atoms with Crippen LogP contribution in [0.4, 0.5) is 0 Å². The van der Waals surface area contributed by atoms with E-state index in [9.17, 15) is 5.11 Å². The van der Waals surface area contributed by atoms with E-state index in [0.29, 0.717) is 12.8 Å². The molecule has 106 valence electrons. The summed E-state index contributed by atoms with van der Waals surface area (Å²) in [5.41, 5.74) is 1.94. The highest BCUT2D eigenvalue weighted by Crippen LogP contribution is 2.19. The molecular formula is C17H21NO2. The second kappa shape index (κ2) is 6.33. The van der Waals surface area contributed by atoms with E-state index in [2.05, 4.69) is 17.1 Å². The Labute approximate surface area is 119 Å². The zero-order chi connectivity index (χ0) is 13.8. The predicted molar refractivity (Wildman–Crippen MR) is 79.7 cm³/mol. The van der Waals surface area contributed by atoms with Gasteiger partial charge in [-0.1, -0.05) is 24.3 Å². The predicted octanol–water partition coefficient (Wildman–Crippen LogP) is 3.10. The van der Waals surface area contributed by atoms with Gasteiger partial charge >= 0.3 is 0 Å². The molecule has 1 aromatic heterocycles. The highest BCUT2D eigenvalue weighted by molar-refractivity contribution is 5.78. The highest BCUT2D eigenvalue weighted by atomic mass is 16.5. The summed E-state index contributed by atoms with van der Waals surface area (Å²) >= 11 is 0. The Morgan fingerprint density at radius 2 is 2.10 bits per heavy atom. The monoisotopic (exact) mass is 271 g/mol.